The zero-order valence-electron chi connectivity index (χ0n) is 17.4. The number of ether oxygens (including phenoxy) is 2. The number of likely N-dealkylation sites (tertiary alicyclic amines) is 1. The van der Waals surface area contributed by atoms with Crippen molar-refractivity contribution in [2.75, 3.05) is 25.0 Å². The molecule has 1 heterocycles. The van der Waals surface area contributed by atoms with Gasteiger partial charge in [-0.05, 0) is 56.2 Å². The van der Waals surface area contributed by atoms with Crippen LogP contribution < -0.4 is 10.1 Å². The van der Waals surface area contributed by atoms with Gasteiger partial charge in [0.05, 0.1) is 12.5 Å². The van der Waals surface area contributed by atoms with Gasteiger partial charge < -0.3 is 19.7 Å². The fraction of sp³-hybridized carbons (Fsp3) is 0.292. The number of hydrogen-bond acceptors (Lipinski definition) is 6. The summed E-state index contributed by atoms with van der Waals surface area (Å²) >= 11 is 0. The summed E-state index contributed by atoms with van der Waals surface area (Å²) in [5.41, 5.74) is 0.531. The lowest BCUT2D eigenvalue weighted by atomic mass is 9.98. The van der Waals surface area contributed by atoms with E-state index in [1.807, 2.05) is 41.3 Å². The number of hydrogen-bond donors (Lipinski definition) is 1. The van der Waals surface area contributed by atoms with Gasteiger partial charge in [0, 0.05) is 25.0 Å². The Balaban J connectivity index is 1.60. The number of piperidine rings is 1. The Morgan fingerprint density at radius 2 is 1.87 bits per heavy atom. The van der Waals surface area contributed by atoms with Gasteiger partial charge in [-0.25, -0.2) is 0 Å². The minimum absolute atomic E-state index is 0.0193. The molecule has 2 aromatic rings. The third-order valence-electron chi connectivity index (χ3n) is 4.84. The molecule has 1 N–H and O–H groups in total. The molecule has 1 aliphatic heterocycles. The summed E-state index contributed by atoms with van der Waals surface area (Å²) in [7, 11) is 0. The highest BCUT2D eigenvalue weighted by atomic mass is 16.5. The maximum Gasteiger partial charge on any atom is 0.310 e. The number of esters is 1. The average molecular weight is 419 g/mol. The van der Waals surface area contributed by atoms with Crippen LogP contribution in [0.15, 0.2) is 66.4 Å². The molecule has 1 atom stereocenters. The Morgan fingerprint density at radius 1 is 1.16 bits per heavy atom. The predicted molar refractivity (Wildman–Crippen MR) is 116 cm³/mol. The molecular weight excluding hydrogens is 394 g/mol. The first kappa shape index (κ1) is 21.9. The van der Waals surface area contributed by atoms with Gasteiger partial charge in [0.15, 0.2) is 0 Å². The van der Waals surface area contributed by atoms with Gasteiger partial charge in [0.25, 0.3) is 5.91 Å². The Hall–Kier alpha value is -3.79. The summed E-state index contributed by atoms with van der Waals surface area (Å²) in [5, 5.41) is 12.2. The number of carbonyl (C=O) groups excluding carboxylic acids is 2. The Bertz CT molecular complexity index is 965. The van der Waals surface area contributed by atoms with E-state index in [2.05, 4.69) is 5.32 Å². The van der Waals surface area contributed by atoms with Crippen LogP contribution in [0.2, 0.25) is 0 Å². The summed E-state index contributed by atoms with van der Waals surface area (Å²) in [6, 6.07) is 18.2. The van der Waals surface area contributed by atoms with Crippen molar-refractivity contribution < 1.29 is 19.1 Å². The van der Waals surface area contributed by atoms with Gasteiger partial charge in [0.1, 0.15) is 23.1 Å². The standard InChI is InChI=1S/C24H25N3O4/c1-2-30-24(29)18-7-6-14-27(16-18)17-19(15-25)23(28)26-20-10-12-22(13-11-20)31-21-8-4-3-5-9-21/h3-5,8-13,17-18H,2,6-7,14,16H2,1H3,(H,26,28)/b19-17-. The number of carbonyl (C=O) groups is 2. The van der Waals surface area contributed by atoms with E-state index in [4.69, 9.17) is 9.47 Å². The highest BCUT2D eigenvalue weighted by Crippen LogP contribution is 2.23. The van der Waals surface area contributed by atoms with Gasteiger partial charge in [-0.2, -0.15) is 5.26 Å². The third kappa shape index (κ3) is 6.34. The summed E-state index contributed by atoms with van der Waals surface area (Å²) < 4.78 is 10.8. The minimum atomic E-state index is -0.502. The van der Waals surface area contributed by atoms with Crippen LogP contribution in [0.25, 0.3) is 0 Å². The molecule has 1 fully saturated rings. The van der Waals surface area contributed by atoms with Crippen molar-refractivity contribution in [2.24, 2.45) is 5.92 Å². The quantitative estimate of drug-likeness (QED) is 0.413. The second kappa shape index (κ2) is 10.8. The first-order chi connectivity index (χ1) is 15.1. The maximum absolute atomic E-state index is 12.6. The lowest BCUT2D eigenvalue weighted by Crippen LogP contribution is -2.37. The molecule has 2 aromatic carbocycles. The van der Waals surface area contributed by atoms with E-state index in [-0.39, 0.29) is 17.5 Å². The highest BCUT2D eigenvalue weighted by molar-refractivity contribution is 6.06. The molecule has 1 aliphatic rings. The van der Waals surface area contributed by atoms with Crippen molar-refractivity contribution in [3.8, 4) is 17.6 Å². The van der Waals surface area contributed by atoms with E-state index in [0.717, 1.165) is 18.6 Å². The molecule has 3 rings (SSSR count). The van der Waals surface area contributed by atoms with Gasteiger partial charge in [-0.1, -0.05) is 18.2 Å². The fourth-order valence-electron chi connectivity index (χ4n) is 3.33. The van der Waals surface area contributed by atoms with Crippen LogP contribution in [0, 0.1) is 17.2 Å². The number of nitrogens with zero attached hydrogens (tertiary/aromatic N) is 2. The van der Waals surface area contributed by atoms with Gasteiger partial charge in [0.2, 0.25) is 0 Å². The molecule has 0 aliphatic carbocycles. The molecule has 1 saturated heterocycles. The first-order valence-electron chi connectivity index (χ1n) is 10.3. The van der Waals surface area contributed by atoms with Crippen molar-refractivity contribution in [1.29, 1.82) is 5.26 Å². The van der Waals surface area contributed by atoms with Crippen molar-refractivity contribution in [3.63, 3.8) is 0 Å². The van der Waals surface area contributed by atoms with E-state index in [9.17, 15) is 14.9 Å². The van der Waals surface area contributed by atoms with Crippen molar-refractivity contribution >= 4 is 17.6 Å². The summed E-state index contributed by atoms with van der Waals surface area (Å²) in [6.07, 6.45) is 3.06. The average Bonchev–Trinajstić information content (AvgIpc) is 2.80. The van der Waals surface area contributed by atoms with Crippen molar-refractivity contribution in [3.05, 3.63) is 66.4 Å². The number of amides is 1. The monoisotopic (exact) mass is 419 g/mol. The molecule has 1 amide bonds. The number of para-hydroxylation sites is 1. The zero-order chi connectivity index (χ0) is 22.1. The molecule has 0 bridgehead atoms. The first-order valence-corrected chi connectivity index (χ1v) is 10.3. The Morgan fingerprint density at radius 3 is 2.55 bits per heavy atom. The van der Waals surface area contributed by atoms with E-state index in [0.29, 0.717) is 31.1 Å². The summed E-state index contributed by atoms with van der Waals surface area (Å²) in [5.74, 6) is 0.374. The smallest absolute Gasteiger partial charge is 0.310 e. The lowest BCUT2D eigenvalue weighted by Gasteiger charge is -2.30. The molecule has 0 aromatic heterocycles. The maximum atomic E-state index is 12.6. The number of rotatable bonds is 7. The second-order valence-corrected chi connectivity index (χ2v) is 7.13. The lowest BCUT2D eigenvalue weighted by molar-refractivity contribution is -0.149. The van der Waals surface area contributed by atoms with E-state index in [1.54, 1.807) is 31.2 Å². The molecule has 0 saturated carbocycles. The molecule has 7 heteroatoms. The predicted octanol–water partition coefficient (Wildman–Crippen LogP) is 4.10. The Kier molecular flexibility index (Phi) is 7.66. The van der Waals surface area contributed by atoms with E-state index < -0.39 is 5.91 Å². The Labute approximate surface area is 181 Å². The number of anilines is 1. The van der Waals surface area contributed by atoms with Gasteiger partial charge in [-0.3, -0.25) is 9.59 Å². The normalized spacial score (nSPS) is 16.2. The van der Waals surface area contributed by atoms with Crippen molar-refractivity contribution in [1.82, 2.24) is 4.90 Å². The van der Waals surface area contributed by atoms with Gasteiger partial charge in [-0.15, -0.1) is 0 Å². The van der Waals surface area contributed by atoms with Crippen molar-refractivity contribution in [2.45, 2.75) is 19.8 Å². The highest BCUT2D eigenvalue weighted by Gasteiger charge is 2.26. The molecular formula is C24H25N3O4. The topological polar surface area (TPSA) is 91.7 Å². The number of nitrogens with one attached hydrogen (secondary N) is 1. The summed E-state index contributed by atoms with van der Waals surface area (Å²) in [4.78, 5) is 26.4. The van der Waals surface area contributed by atoms with Crippen LogP contribution >= 0.6 is 0 Å². The SMILES string of the molecule is CCOC(=O)C1CCCN(/C=C(/C#N)C(=O)Nc2ccc(Oc3ccccc3)cc2)C1. The molecule has 7 nitrogen and oxygen atoms in total. The van der Waals surface area contributed by atoms with Gasteiger partial charge >= 0.3 is 5.97 Å². The van der Waals surface area contributed by atoms with Crippen LogP contribution in [-0.4, -0.2) is 36.5 Å². The van der Waals surface area contributed by atoms with Crippen LogP contribution in [-0.2, 0) is 14.3 Å². The minimum Gasteiger partial charge on any atom is -0.466 e. The van der Waals surface area contributed by atoms with Crippen LogP contribution in [0.3, 0.4) is 0 Å². The number of benzene rings is 2. The fourth-order valence-corrected chi connectivity index (χ4v) is 3.33. The van der Waals surface area contributed by atoms with Crippen LogP contribution in [0.4, 0.5) is 5.69 Å². The largest absolute Gasteiger partial charge is 0.466 e. The zero-order valence-corrected chi connectivity index (χ0v) is 17.4. The van der Waals surface area contributed by atoms with E-state index in [1.165, 1.54) is 6.20 Å². The summed E-state index contributed by atoms with van der Waals surface area (Å²) in [6.45, 7) is 3.23. The van der Waals surface area contributed by atoms with Crippen LogP contribution in [0.1, 0.15) is 19.8 Å². The number of nitriles is 1. The molecule has 160 valence electrons. The molecule has 0 spiro atoms. The second-order valence-electron chi connectivity index (χ2n) is 7.13. The molecule has 31 heavy (non-hydrogen) atoms. The van der Waals surface area contributed by atoms with E-state index >= 15 is 0 Å². The molecule has 0 radical (unpaired) electrons. The third-order valence-corrected chi connectivity index (χ3v) is 4.84. The van der Waals surface area contributed by atoms with Crippen LogP contribution in [0.5, 0.6) is 11.5 Å². The molecule has 1 unspecified atom stereocenters.